The lowest BCUT2D eigenvalue weighted by Crippen LogP contribution is -2.41. The molecule has 1 aromatic carbocycles. The highest BCUT2D eigenvalue weighted by atomic mass is 19.1. The fourth-order valence-corrected chi connectivity index (χ4v) is 2.45. The summed E-state index contributed by atoms with van der Waals surface area (Å²) in [6.45, 7) is 10.7. The van der Waals surface area contributed by atoms with Gasteiger partial charge >= 0.3 is 7.12 Å². The summed E-state index contributed by atoms with van der Waals surface area (Å²) in [6.07, 6.45) is 0.480. The molecule has 1 aromatic rings. The van der Waals surface area contributed by atoms with E-state index in [1.807, 2.05) is 65.0 Å². The van der Waals surface area contributed by atoms with Gasteiger partial charge in [-0.05, 0) is 52.2 Å². The second-order valence-electron chi connectivity index (χ2n) is 6.73. The third-order valence-electron chi connectivity index (χ3n) is 4.57. The Labute approximate surface area is 139 Å². The molecule has 0 spiro atoms. The van der Waals surface area contributed by atoms with Gasteiger partial charge in [0.05, 0.1) is 17.8 Å². The molecule has 0 N–H and O–H groups in total. The van der Waals surface area contributed by atoms with Crippen molar-refractivity contribution in [2.24, 2.45) is 0 Å². The molecule has 0 saturated carbocycles. The molecule has 0 aliphatic carbocycles. The average Bonchev–Trinajstić information content (AvgIpc) is 2.72. The average molecular weight is 320 g/mol. The van der Waals surface area contributed by atoms with E-state index in [1.54, 1.807) is 0 Å². The molecule has 0 amide bonds. The van der Waals surface area contributed by atoms with Crippen LogP contribution in [0.15, 0.2) is 36.1 Å². The van der Waals surface area contributed by atoms with Crippen LogP contribution in [0, 0.1) is 0 Å². The molecule has 2 rings (SSSR count). The maximum atomic E-state index is 15.1. The second kappa shape index (κ2) is 7.16. The highest BCUT2D eigenvalue weighted by Gasteiger charge is 2.53. The van der Waals surface area contributed by atoms with Crippen LogP contribution < -0.4 is 0 Å². The molecule has 0 bridgehead atoms. The molecule has 1 saturated heterocycles. The summed E-state index contributed by atoms with van der Waals surface area (Å²) < 4.78 is 32.2. The Balaban J connectivity index is 2.31. The Kier molecular flexibility index (Phi) is 5.66. The molecule has 0 aromatic heterocycles. The van der Waals surface area contributed by atoms with Crippen LogP contribution in [0.3, 0.4) is 0 Å². The predicted octanol–water partition coefficient (Wildman–Crippen LogP) is 4.43. The van der Waals surface area contributed by atoms with Gasteiger partial charge in [-0.25, -0.2) is 4.39 Å². The van der Waals surface area contributed by atoms with Crippen molar-refractivity contribution in [3.8, 4) is 0 Å². The first-order valence-corrected chi connectivity index (χ1v) is 8.16. The standard InChI is InChI=1S/C18H26BFO3/c1-6-21-13-12-15(14-10-8-7-9-11-14)16(20)19-22-17(2,3)18(4,5)23-19/h7-11H,6,12-13H2,1-5H3. The van der Waals surface area contributed by atoms with Crippen LogP contribution in [0.1, 0.15) is 46.6 Å². The zero-order chi connectivity index (χ0) is 17.1. The Hall–Kier alpha value is -1.17. The van der Waals surface area contributed by atoms with Crippen molar-refractivity contribution in [3.63, 3.8) is 0 Å². The zero-order valence-corrected chi connectivity index (χ0v) is 14.7. The number of ether oxygens (including phenoxy) is 1. The molecule has 0 radical (unpaired) electrons. The largest absolute Gasteiger partial charge is 0.525 e. The Bertz CT molecular complexity index is 539. The van der Waals surface area contributed by atoms with Crippen LogP contribution >= 0.6 is 0 Å². The minimum atomic E-state index is -0.975. The van der Waals surface area contributed by atoms with Crippen molar-refractivity contribution < 1.29 is 18.4 Å². The molecular formula is C18H26BFO3. The first kappa shape index (κ1) is 18.2. The highest BCUT2D eigenvalue weighted by Crippen LogP contribution is 2.40. The smallest absolute Gasteiger partial charge is 0.398 e. The van der Waals surface area contributed by atoms with E-state index >= 15 is 4.39 Å². The summed E-state index contributed by atoms with van der Waals surface area (Å²) in [5.41, 5.74) is -0.0699. The predicted molar refractivity (Wildman–Crippen MR) is 91.7 cm³/mol. The lowest BCUT2D eigenvalue weighted by molar-refractivity contribution is 0.00578. The molecule has 1 aliphatic rings. The van der Waals surface area contributed by atoms with Crippen molar-refractivity contribution in [1.82, 2.24) is 0 Å². The first-order valence-electron chi connectivity index (χ1n) is 8.16. The molecular weight excluding hydrogens is 294 g/mol. The minimum absolute atomic E-state index is 0.366. The number of rotatable bonds is 6. The van der Waals surface area contributed by atoms with E-state index in [9.17, 15) is 0 Å². The van der Waals surface area contributed by atoms with Crippen LogP contribution in [-0.4, -0.2) is 31.5 Å². The van der Waals surface area contributed by atoms with E-state index in [1.165, 1.54) is 0 Å². The molecule has 1 fully saturated rings. The number of halogens is 1. The van der Waals surface area contributed by atoms with Crippen molar-refractivity contribution in [2.75, 3.05) is 13.2 Å². The molecule has 0 unspecified atom stereocenters. The molecule has 126 valence electrons. The molecule has 3 nitrogen and oxygen atoms in total. The number of hydrogen-bond donors (Lipinski definition) is 0. The van der Waals surface area contributed by atoms with Crippen molar-refractivity contribution >= 4 is 12.7 Å². The molecule has 1 heterocycles. The van der Waals surface area contributed by atoms with Gasteiger partial charge in [0.2, 0.25) is 0 Å². The van der Waals surface area contributed by atoms with Gasteiger partial charge in [0.1, 0.15) is 5.73 Å². The molecule has 23 heavy (non-hydrogen) atoms. The van der Waals surface area contributed by atoms with Gasteiger partial charge in [-0.2, -0.15) is 0 Å². The monoisotopic (exact) mass is 320 g/mol. The summed E-state index contributed by atoms with van der Waals surface area (Å²) in [5.74, 6) is 0. The molecule has 1 aliphatic heterocycles. The van der Waals surface area contributed by atoms with Crippen LogP contribution in [0.2, 0.25) is 0 Å². The fourth-order valence-electron chi connectivity index (χ4n) is 2.45. The van der Waals surface area contributed by atoms with E-state index in [0.717, 1.165) is 5.56 Å². The number of hydrogen-bond acceptors (Lipinski definition) is 3. The topological polar surface area (TPSA) is 27.7 Å². The second-order valence-corrected chi connectivity index (χ2v) is 6.73. The molecule has 5 heteroatoms. The summed E-state index contributed by atoms with van der Waals surface area (Å²) >= 11 is 0. The van der Waals surface area contributed by atoms with Gasteiger partial charge in [-0.15, -0.1) is 0 Å². The number of benzene rings is 1. The minimum Gasteiger partial charge on any atom is -0.398 e. The Morgan fingerprint density at radius 2 is 1.65 bits per heavy atom. The third-order valence-corrected chi connectivity index (χ3v) is 4.57. The van der Waals surface area contributed by atoms with E-state index < -0.39 is 18.3 Å². The summed E-state index contributed by atoms with van der Waals surface area (Å²) in [5, 5.41) is 0. The summed E-state index contributed by atoms with van der Waals surface area (Å²) in [4.78, 5) is 0. The maximum Gasteiger partial charge on any atom is 0.525 e. The lowest BCUT2D eigenvalue weighted by Gasteiger charge is -2.32. The van der Waals surface area contributed by atoms with E-state index in [-0.39, 0.29) is 5.73 Å². The van der Waals surface area contributed by atoms with Crippen molar-refractivity contribution in [1.29, 1.82) is 0 Å². The van der Waals surface area contributed by atoms with Gasteiger partial charge in [-0.1, -0.05) is 30.3 Å². The van der Waals surface area contributed by atoms with Crippen molar-refractivity contribution in [3.05, 3.63) is 41.6 Å². The van der Waals surface area contributed by atoms with Gasteiger partial charge < -0.3 is 14.0 Å². The van der Waals surface area contributed by atoms with Crippen LogP contribution in [-0.2, 0) is 14.0 Å². The lowest BCUT2D eigenvalue weighted by atomic mass is 9.82. The van der Waals surface area contributed by atoms with Crippen LogP contribution in [0.4, 0.5) is 4.39 Å². The first-order chi connectivity index (χ1) is 10.8. The van der Waals surface area contributed by atoms with Gasteiger partial charge in [-0.3, -0.25) is 0 Å². The fraction of sp³-hybridized carbons (Fsp3) is 0.556. The highest BCUT2D eigenvalue weighted by molar-refractivity contribution is 6.55. The van der Waals surface area contributed by atoms with E-state index in [0.29, 0.717) is 25.2 Å². The van der Waals surface area contributed by atoms with Gasteiger partial charge in [0.15, 0.2) is 0 Å². The van der Waals surface area contributed by atoms with Gasteiger partial charge in [0, 0.05) is 6.61 Å². The summed E-state index contributed by atoms with van der Waals surface area (Å²) in [6, 6.07) is 9.50. The Morgan fingerprint density at radius 3 is 2.17 bits per heavy atom. The van der Waals surface area contributed by atoms with Crippen molar-refractivity contribution in [2.45, 2.75) is 52.2 Å². The van der Waals surface area contributed by atoms with Crippen LogP contribution in [0.25, 0.3) is 5.57 Å². The van der Waals surface area contributed by atoms with E-state index in [4.69, 9.17) is 14.0 Å². The Morgan fingerprint density at radius 1 is 1.09 bits per heavy atom. The van der Waals surface area contributed by atoms with Crippen LogP contribution in [0.5, 0.6) is 0 Å². The zero-order valence-electron chi connectivity index (χ0n) is 14.7. The summed E-state index contributed by atoms with van der Waals surface area (Å²) in [7, 11) is -0.975. The normalized spacial score (nSPS) is 20.5. The third kappa shape index (κ3) is 4.03. The van der Waals surface area contributed by atoms with E-state index in [2.05, 4.69) is 0 Å². The SMILES string of the molecule is CCOCCC(=C(F)B1OC(C)(C)C(C)(C)O1)c1ccccc1. The molecule has 0 atom stereocenters. The quantitative estimate of drug-likeness (QED) is 0.573. The maximum absolute atomic E-state index is 15.1. The van der Waals surface area contributed by atoms with Gasteiger partial charge in [0.25, 0.3) is 0 Å².